The molecule has 0 radical (unpaired) electrons. The molecule has 0 saturated heterocycles. The van der Waals surface area contributed by atoms with Gasteiger partial charge in [0.1, 0.15) is 10.7 Å². The molecule has 0 amide bonds. The highest BCUT2D eigenvalue weighted by atomic mass is 79.9. The Morgan fingerprint density at radius 1 is 1.24 bits per heavy atom. The first kappa shape index (κ1) is 15.8. The predicted octanol–water partition coefficient (Wildman–Crippen LogP) is 3.91. The van der Waals surface area contributed by atoms with Crippen LogP contribution in [-0.2, 0) is 10.0 Å². The molecule has 2 rings (SSSR count). The van der Waals surface area contributed by atoms with Crippen LogP contribution in [0.1, 0.15) is 5.56 Å². The molecule has 8 heteroatoms. The average molecular weight is 390 g/mol. The summed E-state index contributed by atoms with van der Waals surface area (Å²) in [7, 11) is -3.93. The van der Waals surface area contributed by atoms with Crippen molar-refractivity contribution in [2.75, 3.05) is 4.72 Å². The van der Waals surface area contributed by atoms with E-state index in [9.17, 15) is 12.8 Å². The van der Waals surface area contributed by atoms with Gasteiger partial charge in [0.25, 0.3) is 10.0 Å². The van der Waals surface area contributed by atoms with E-state index in [1.54, 1.807) is 0 Å². The molecule has 0 aliphatic carbocycles. The summed E-state index contributed by atoms with van der Waals surface area (Å²) in [5.74, 6) is -0.558. The van der Waals surface area contributed by atoms with Crippen molar-refractivity contribution in [3.8, 4) is 6.07 Å². The lowest BCUT2D eigenvalue weighted by atomic mass is 10.2. The number of hydrogen-bond acceptors (Lipinski definition) is 3. The molecule has 0 aliphatic heterocycles. The molecular weight excluding hydrogens is 383 g/mol. The maximum atomic E-state index is 13.0. The van der Waals surface area contributed by atoms with Gasteiger partial charge in [-0.25, -0.2) is 12.8 Å². The molecule has 0 unspecified atom stereocenters. The number of anilines is 1. The van der Waals surface area contributed by atoms with Gasteiger partial charge in [-0.05, 0) is 52.3 Å². The normalized spacial score (nSPS) is 11.0. The molecule has 0 aliphatic rings. The van der Waals surface area contributed by atoms with Crippen LogP contribution in [0.4, 0.5) is 10.1 Å². The molecular formula is C13H7BrClFN2O2S. The fraction of sp³-hybridized carbons (Fsp3) is 0. The van der Waals surface area contributed by atoms with Crippen molar-refractivity contribution in [3.05, 3.63) is 57.3 Å². The minimum absolute atomic E-state index is 0.0934. The highest BCUT2D eigenvalue weighted by Gasteiger charge is 2.19. The summed E-state index contributed by atoms with van der Waals surface area (Å²) in [5.41, 5.74) is 0.442. The van der Waals surface area contributed by atoms with Gasteiger partial charge < -0.3 is 0 Å². The molecule has 0 heterocycles. The zero-order valence-corrected chi connectivity index (χ0v) is 13.4. The van der Waals surface area contributed by atoms with Crippen LogP contribution in [0.15, 0.2) is 45.8 Å². The lowest BCUT2D eigenvalue weighted by Crippen LogP contribution is -2.14. The Labute approximate surface area is 134 Å². The fourth-order valence-electron chi connectivity index (χ4n) is 1.56. The number of halogens is 3. The van der Waals surface area contributed by atoms with Crippen LogP contribution in [0.25, 0.3) is 0 Å². The zero-order chi connectivity index (χ0) is 15.6. The number of rotatable bonds is 3. The standard InChI is InChI=1S/C13H7BrClFN2O2S/c14-10-6-9(16)2-4-13(10)21(19,20)18-12-3-1-8(7-17)5-11(12)15/h1-6,18H. The van der Waals surface area contributed by atoms with Crippen LogP contribution in [0, 0.1) is 17.1 Å². The summed E-state index contributed by atoms with van der Waals surface area (Å²) < 4.78 is 39.9. The molecule has 1 N–H and O–H groups in total. The van der Waals surface area contributed by atoms with Crippen molar-refractivity contribution in [2.45, 2.75) is 4.90 Å². The first-order valence-corrected chi connectivity index (χ1v) is 8.16. The first-order valence-electron chi connectivity index (χ1n) is 5.51. The summed E-state index contributed by atoms with van der Waals surface area (Å²) >= 11 is 8.92. The fourth-order valence-corrected chi connectivity index (χ4v) is 3.97. The third-order valence-electron chi connectivity index (χ3n) is 2.53. The molecule has 2 aromatic carbocycles. The van der Waals surface area contributed by atoms with Crippen molar-refractivity contribution >= 4 is 43.2 Å². The smallest absolute Gasteiger partial charge is 0.263 e. The van der Waals surface area contributed by atoms with Gasteiger partial charge in [0, 0.05) is 4.47 Å². The maximum Gasteiger partial charge on any atom is 0.263 e. The number of sulfonamides is 1. The SMILES string of the molecule is N#Cc1ccc(NS(=O)(=O)c2ccc(F)cc2Br)c(Cl)c1. The second kappa shape index (κ2) is 6.02. The number of nitrogens with zero attached hydrogens (tertiary/aromatic N) is 1. The van der Waals surface area contributed by atoms with Crippen molar-refractivity contribution in [3.63, 3.8) is 0 Å². The number of nitriles is 1. The highest BCUT2D eigenvalue weighted by molar-refractivity contribution is 9.10. The van der Waals surface area contributed by atoms with E-state index >= 15 is 0 Å². The van der Waals surface area contributed by atoms with Crippen LogP contribution in [0.2, 0.25) is 5.02 Å². The topological polar surface area (TPSA) is 70.0 Å². The predicted molar refractivity (Wildman–Crippen MR) is 81.1 cm³/mol. The summed E-state index contributed by atoms with van der Waals surface area (Å²) in [6.45, 7) is 0. The van der Waals surface area contributed by atoms with Gasteiger partial charge in [-0.3, -0.25) is 4.72 Å². The van der Waals surface area contributed by atoms with Crippen LogP contribution in [0.3, 0.4) is 0 Å². The summed E-state index contributed by atoms with van der Waals surface area (Å²) in [5, 5.41) is 8.83. The lowest BCUT2D eigenvalue weighted by Gasteiger charge is -2.11. The minimum Gasteiger partial charge on any atom is -0.278 e. The Balaban J connectivity index is 2.40. The van der Waals surface area contributed by atoms with Gasteiger partial charge in [0.2, 0.25) is 0 Å². The molecule has 0 saturated carbocycles. The zero-order valence-electron chi connectivity index (χ0n) is 10.3. The van der Waals surface area contributed by atoms with E-state index in [1.807, 2.05) is 6.07 Å². The molecule has 0 spiro atoms. The molecule has 0 bridgehead atoms. The van der Waals surface area contributed by atoms with Gasteiger partial charge in [0.15, 0.2) is 0 Å². The van der Waals surface area contributed by atoms with Crippen molar-refractivity contribution < 1.29 is 12.8 Å². The van der Waals surface area contributed by atoms with E-state index in [4.69, 9.17) is 16.9 Å². The first-order chi connectivity index (χ1) is 9.83. The van der Waals surface area contributed by atoms with E-state index < -0.39 is 15.8 Å². The summed E-state index contributed by atoms with van der Waals surface area (Å²) in [6.07, 6.45) is 0. The second-order valence-corrected chi connectivity index (χ2v) is 6.90. The lowest BCUT2D eigenvalue weighted by molar-refractivity contribution is 0.599. The minimum atomic E-state index is -3.93. The van der Waals surface area contributed by atoms with Crippen LogP contribution < -0.4 is 4.72 Å². The van der Waals surface area contributed by atoms with E-state index in [0.29, 0.717) is 5.56 Å². The van der Waals surface area contributed by atoms with E-state index in [0.717, 1.165) is 18.2 Å². The Kier molecular flexibility index (Phi) is 4.52. The Morgan fingerprint density at radius 2 is 1.95 bits per heavy atom. The molecule has 108 valence electrons. The second-order valence-electron chi connectivity index (χ2n) is 3.99. The summed E-state index contributed by atoms with van der Waals surface area (Å²) in [6, 6.07) is 9.29. The third-order valence-corrected chi connectivity index (χ3v) is 5.18. The molecule has 4 nitrogen and oxygen atoms in total. The third kappa shape index (κ3) is 3.53. The largest absolute Gasteiger partial charge is 0.278 e. The van der Waals surface area contributed by atoms with Gasteiger partial charge in [-0.15, -0.1) is 0 Å². The monoisotopic (exact) mass is 388 g/mol. The molecule has 0 fully saturated rings. The van der Waals surface area contributed by atoms with Gasteiger partial charge in [-0.2, -0.15) is 5.26 Å². The molecule has 2 aromatic rings. The van der Waals surface area contributed by atoms with Crippen LogP contribution in [-0.4, -0.2) is 8.42 Å². The van der Waals surface area contributed by atoms with Crippen LogP contribution >= 0.6 is 27.5 Å². The maximum absolute atomic E-state index is 13.0. The summed E-state index contributed by atoms with van der Waals surface area (Å²) in [4.78, 5) is -0.121. The molecule has 0 atom stereocenters. The van der Waals surface area contributed by atoms with Crippen molar-refractivity contribution in [1.82, 2.24) is 0 Å². The van der Waals surface area contributed by atoms with E-state index in [-0.39, 0.29) is 20.1 Å². The Hall–Kier alpha value is -1.62. The average Bonchev–Trinajstić information content (AvgIpc) is 2.40. The quantitative estimate of drug-likeness (QED) is 0.865. The van der Waals surface area contributed by atoms with Gasteiger partial charge >= 0.3 is 0 Å². The van der Waals surface area contributed by atoms with E-state index in [1.165, 1.54) is 18.2 Å². The van der Waals surface area contributed by atoms with Crippen LogP contribution in [0.5, 0.6) is 0 Å². The number of benzene rings is 2. The van der Waals surface area contributed by atoms with Crippen molar-refractivity contribution in [2.24, 2.45) is 0 Å². The number of nitrogens with one attached hydrogen (secondary N) is 1. The molecule has 21 heavy (non-hydrogen) atoms. The highest BCUT2D eigenvalue weighted by Crippen LogP contribution is 2.28. The van der Waals surface area contributed by atoms with Crippen molar-refractivity contribution in [1.29, 1.82) is 5.26 Å². The Morgan fingerprint density at radius 3 is 2.52 bits per heavy atom. The number of hydrogen-bond donors (Lipinski definition) is 1. The van der Waals surface area contributed by atoms with Gasteiger partial charge in [-0.1, -0.05) is 11.6 Å². The van der Waals surface area contributed by atoms with E-state index in [2.05, 4.69) is 20.7 Å². The Bertz CT molecular complexity index is 850. The molecule has 0 aromatic heterocycles. The van der Waals surface area contributed by atoms with Gasteiger partial charge in [0.05, 0.1) is 22.3 Å².